The molecule has 0 aromatic heterocycles. The molecule has 1 rings (SSSR count). The Labute approximate surface area is 86.8 Å². The van der Waals surface area contributed by atoms with E-state index in [1.165, 1.54) is 13.0 Å². The molecule has 0 saturated heterocycles. The lowest BCUT2D eigenvalue weighted by atomic mass is 10.1. The van der Waals surface area contributed by atoms with Crippen molar-refractivity contribution in [1.29, 1.82) is 0 Å². The highest BCUT2D eigenvalue weighted by Gasteiger charge is 2.02. The number of hydrogen-bond donors (Lipinski definition) is 2. The van der Waals surface area contributed by atoms with Crippen LogP contribution in [0.1, 0.15) is 12.5 Å². The Balaban J connectivity index is 3.13. The third-order valence-corrected chi connectivity index (χ3v) is 2.07. The van der Waals surface area contributed by atoms with Gasteiger partial charge in [-0.3, -0.25) is 0 Å². The van der Waals surface area contributed by atoms with E-state index in [1.807, 2.05) is 0 Å². The Bertz CT molecular complexity index is 399. The molecule has 0 saturated carbocycles. The minimum Gasteiger partial charge on any atom is -0.478 e. The summed E-state index contributed by atoms with van der Waals surface area (Å²) in [5, 5.41) is 9.15. The van der Waals surface area contributed by atoms with Crippen molar-refractivity contribution in [2.75, 3.05) is 5.73 Å². The van der Waals surface area contributed by atoms with Crippen molar-refractivity contribution >= 4 is 29.3 Å². The average molecular weight is 212 g/mol. The minimum absolute atomic E-state index is 0.220. The lowest BCUT2D eigenvalue weighted by Gasteiger charge is -2.00. The number of aliphatic carboxylic acids is 1. The second-order valence-corrected chi connectivity index (χ2v) is 3.32. The van der Waals surface area contributed by atoms with Crippen LogP contribution >= 0.6 is 11.6 Å². The standard InChI is InChI=1S/C10H10ClNO2/c1-6(10(13)14)4-7-5-8(12)2-3-9(7)11/h2-5H,12H2,1H3,(H,13,14). The molecular formula is C10H10ClNO2. The van der Waals surface area contributed by atoms with Crippen molar-refractivity contribution in [2.45, 2.75) is 6.92 Å². The molecule has 0 heterocycles. The Morgan fingerprint density at radius 3 is 2.79 bits per heavy atom. The van der Waals surface area contributed by atoms with Gasteiger partial charge in [0.25, 0.3) is 0 Å². The Hall–Kier alpha value is -1.48. The van der Waals surface area contributed by atoms with Gasteiger partial charge in [0.05, 0.1) is 0 Å². The van der Waals surface area contributed by atoms with Gasteiger partial charge in [-0.05, 0) is 36.8 Å². The maximum atomic E-state index is 10.6. The normalized spacial score (nSPS) is 11.4. The number of carboxylic acids is 1. The second-order valence-electron chi connectivity index (χ2n) is 2.91. The van der Waals surface area contributed by atoms with E-state index in [0.29, 0.717) is 16.3 Å². The molecule has 0 unspecified atom stereocenters. The van der Waals surface area contributed by atoms with Crippen LogP contribution in [0.15, 0.2) is 23.8 Å². The van der Waals surface area contributed by atoms with Crippen molar-refractivity contribution in [3.05, 3.63) is 34.4 Å². The molecule has 0 radical (unpaired) electrons. The van der Waals surface area contributed by atoms with Crippen LogP contribution in [0, 0.1) is 0 Å². The zero-order valence-corrected chi connectivity index (χ0v) is 8.38. The minimum atomic E-state index is -0.969. The summed E-state index contributed by atoms with van der Waals surface area (Å²) in [5.74, 6) is -0.969. The molecule has 0 aliphatic carbocycles. The average Bonchev–Trinajstić information content (AvgIpc) is 2.11. The first-order valence-corrected chi connectivity index (χ1v) is 4.35. The summed E-state index contributed by atoms with van der Waals surface area (Å²) in [5.41, 5.74) is 6.94. The van der Waals surface area contributed by atoms with E-state index in [-0.39, 0.29) is 5.57 Å². The van der Waals surface area contributed by atoms with Crippen molar-refractivity contribution in [3.63, 3.8) is 0 Å². The van der Waals surface area contributed by atoms with E-state index in [4.69, 9.17) is 22.4 Å². The second kappa shape index (κ2) is 4.15. The summed E-state index contributed by atoms with van der Waals surface area (Å²) in [6.07, 6.45) is 1.49. The molecule has 4 heteroatoms. The fourth-order valence-electron chi connectivity index (χ4n) is 0.968. The summed E-state index contributed by atoms with van der Waals surface area (Å²) < 4.78 is 0. The summed E-state index contributed by atoms with van der Waals surface area (Å²) in [7, 11) is 0. The Morgan fingerprint density at radius 1 is 1.57 bits per heavy atom. The molecule has 0 spiro atoms. The van der Waals surface area contributed by atoms with Gasteiger partial charge in [-0.15, -0.1) is 0 Å². The maximum absolute atomic E-state index is 10.6. The SMILES string of the molecule is CC(=Cc1cc(N)ccc1Cl)C(=O)O. The molecular weight excluding hydrogens is 202 g/mol. The van der Waals surface area contributed by atoms with Crippen LogP contribution in [0.25, 0.3) is 6.08 Å². The molecule has 3 nitrogen and oxygen atoms in total. The highest BCUT2D eigenvalue weighted by Crippen LogP contribution is 2.21. The van der Waals surface area contributed by atoms with Gasteiger partial charge in [-0.25, -0.2) is 4.79 Å². The van der Waals surface area contributed by atoms with Gasteiger partial charge >= 0.3 is 5.97 Å². The van der Waals surface area contributed by atoms with Gasteiger partial charge in [0.2, 0.25) is 0 Å². The summed E-state index contributed by atoms with van der Waals surface area (Å²) in [4.78, 5) is 10.6. The van der Waals surface area contributed by atoms with Crippen molar-refractivity contribution in [3.8, 4) is 0 Å². The number of hydrogen-bond acceptors (Lipinski definition) is 2. The van der Waals surface area contributed by atoms with Gasteiger partial charge in [-0.2, -0.15) is 0 Å². The summed E-state index contributed by atoms with van der Waals surface area (Å²) in [6, 6.07) is 4.93. The molecule has 0 bridgehead atoms. The van der Waals surface area contributed by atoms with Crippen molar-refractivity contribution in [1.82, 2.24) is 0 Å². The molecule has 1 aromatic rings. The Kier molecular flexibility index (Phi) is 3.14. The lowest BCUT2D eigenvalue weighted by molar-refractivity contribution is -0.132. The predicted octanol–water partition coefficient (Wildman–Crippen LogP) is 2.41. The van der Waals surface area contributed by atoms with Crippen LogP contribution in [0.4, 0.5) is 5.69 Å². The highest BCUT2D eigenvalue weighted by molar-refractivity contribution is 6.32. The lowest BCUT2D eigenvalue weighted by Crippen LogP contribution is -1.96. The number of halogens is 1. The molecule has 0 atom stereocenters. The van der Waals surface area contributed by atoms with E-state index < -0.39 is 5.97 Å². The molecule has 0 aliphatic heterocycles. The predicted molar refractivity (Wildman–Crippen MR) is 57.2 cm³/mol. The molecule has 74 valence electrons. The zero-order chi connectivity index (χ0) is 10.7. The molecule has 0 fully saturated rings. The monoisotopic (exact) mass is 211 g/mol. The number of carboxylic acid groups (broad SMARTS) is 1. The zero-order valence-electron chi connectivity index (χ0n) is 7.62. The van der Waals surface area contributed by atoms with Gasteiger partial charge in [0.15, 0.2) is 0 Å². The van der Waals surface area contributed by atoms with Gasteiger partial charge in [-0.1, -0.05) is 11.6 Å². The van der Waals surface area contributed by atoms with E-state index in [9.17, 15) is 4.79 Å². The van der Waals surface area contributed by atoms with Gasteiger partial charge in [0, 0.05) is 16.3 Å². The maximum Gasteiger partial charge on any atom is 0.331 e. The molecule has 14 heavy (non-hydrogen) atoms. The first-order valence-electron chi connectivity index (χ1n) is 3.97. The van der Waals surface area contributed by atoms with Crippen LogP contribution in [0.5, 0.6) is 0 Å². The van der Waals surface area contributed by atoms with E-state index >= 15 is 0 Å². The third kappa shape index (κ3) is 2.50. The van der Waals surface area contributed by atoms with Crippen LogP contribution in [-0.4, -0.2) is 11.1 Å². The van der Waals surface area contributed by atoms with Gasteiger partial charge < -0.3 is 10.8 Å². The number of anilines is 1. The van der Waals surface area contributed by atoms with E-state index in [0.717, 1.165) is 0 Å². The third-order valence-electron chi connectivity index (χ3n) is 1.73. The van der Waals surface area contributed by atoms with Crippen LogP contribution < -0.4 is 5.73 Å². The smallest absolute Gasteiger partial charge is 0.331 e. The first kappa shape index (κ1) is 10.6. The fraction of sp³-hybridized carbons (Fsp3) is 0.100. The topological polar surface area (TPSA) is 63.3 Å². The van der Waals surface area contributed by atoms with Crippen molar-refractivity contribution in [2.24, 2.45) is 0 Å². The first-order chi connectivity index (χ1) is 6.50. The molecule has 3 N–H and O–H groups in total. The van der Waals surface area contributed by atoms with Crippen LogP contribution in [0.2, 0.25) is 5.02 Å². The molecule has 1 aromatic carbocycles. The number of carbonyl (C=O) groups is 1. The summed E-state index contributed by atoms with van der Waals surface area (Å²) in [6.45, 7) is 1.50. The van der Waals surface area contributed by atoms with E-state index in [1.54, 1.807) is 18.2 Å². The molecule has 0 amide bonds. The largest absolute Gasteiger partial charge is 0.478 e. The fourth-order valence-corrected chi connectivity index (χ4v) is 1.14. The number of rotatable bonds is 2. The van der Waals surface area contributed by atoms with E-state index in [2.05, 4.69) is 0 Å². The quantitative estimate of drug-likeness (QED) is 0.583. The van der Waals surface area contributed by atoms with Crippen LogP contribution in [0.3, 0.4) is 0 Å². The molecule has 0 aliphatic rings. The summed E-state index contributed by atoms with van der Waals surface area (Å²) >= 11 is 5.85. The number of nitrogens with two attached hydrogens (primary N) is 1. The number of nitrogen functional groups attached to an aromatic ring is 1. The van der Waals surface area contributed by atoms with Gasteiger partial charge in [0.1, 0.15) is 0 Å². The highest BCUT2D eigenvalue weighted by atomic mass is 35.5. The number of benzene rings is 1. The van der Waals surface area contributed by atoms with Crippen molar-refractivity contribution < 1.29 is 9.90 Å². The van der Waals surface area contributed by atoms with Crippen LogP contribution in [-0.2, 0) is 4.79 Å². The Morgan fingerprint density at radius 2 is 2.21 bits per heavy atom.